The standard InChI is InChI=1S/C17H27N3O/c1-3-20(16-7-5-4-6-8-16)17(21)14-19-11-9-15(10-12-19)13-18-2/h4-8,15,18H,3,9-14H2,1-2H3. The van der Waals surface area contributed by atoms with Crippen molar-refractivity contribution in [2.45, 2.75) is 19.8 Å². The SMILES string of the molecule is CCN(C(=O)CN1CCC(CNC)CC1)c1ccccc1. The van der Waals surface area contributed by atoms with E-state index in [0.717, 1.165) is 37.8 Å². The fourth-order valence-corrected chi connectivity index (χ4v) is 3.02. The molecule has 1 aromatic rings. The summed E-state index contributed by atoms with van der Waals surface area (Å²) in [5, 5.41) is 3.25. The molecule has 4 nitrogen and oxygen atoms in total. The number of likely N-dealkylation sites (N-methyl/N-ethyl adjacent to an activating group) is 1. The monoisotopic (exact) mass is 289 g/mol. The lowest BCUT2D eigenvalue weighted by atomic mass is 9.97. The van der Waals surface area contributed by atoms with Crippen molar-refractivity contribution in [2.24, 2.45) is 5.92 Å². The van der Waals surface area contributed by atoms with Gasteiger partial charge in [-0.2, -0.15) is 0 Å². The first-order valence-corrected chi connectivity index (χ1v) is 7.97. The quantitative estimate of drug-likeness (QED) is 0.870. The van der Waals surface area contributed by atoms with Gasteiger partial charge in [0.2, 0.25) is 5.91 Å². The van der Waals surface area contributed by atoms with Gasteiger partial charge in [-0.1, -0.05) is 18.2 Å². The molecule has 0 aromatic heterocycles. The number of hydrogen-bond donors (Lipinski definition) is 1. The van der Waals surface area contributed by atoms with Crippen LogP contribution in [0, 0.1) is 5.92 Å². The summed E-state index contributed by atoms with van der Waals surface area (Å²) in [4.78, 5) is 16.7. The number of likely N-dealkylation sites (tertiary alicyclic amines) is 1. The van der Waals surface area contributed by atoms with Crippen LogP contribution in [0.15, 0.2) is 30.3 Å². The van der Waals surface area contributed by atoms with Crippen LogP contribution in [0.4, 0.5) is 5.69 Å². The van der Waals surface area contributed by atoms with Gasteiger partial charge in [-0.3, -0.25) is 9.69 Å². The van der Waals surface area contributed by atoms with E-state index in [4.69, 9.17) is 0 Å². The fourth-order valence-electron chi connectivity index (χ4n) is 3.02. The third-order valence-electron chi connectivity index (χ3n) is 4.24. The van der Waals surface area contributed by atoms with E-state index in [1.54, 1.807) is 0 Å². The molecule has 1 amide bonds. The molecule has 1 aromatic carbocycles. The molecule has 1 N–H and O–H groups in total. The average Bonchev–Trinajstić information content (AvgIpc) is 2.51. The highest BCUT2D eigenvalue weighted by atomic mass is 16.2. The van der Waals surface area contributed by atoms with Crippen LogP contribution in [0.2, 0.25) is 0 Å². The molecule has 0 spiro atoms. The number of carbonyl (C=O) groups excluding carboxylic acids is 1. The van der Waals surface area contributed by atoms with Crippen LogP contribution in [0.25, 0.3) is 0 Å². The van der Waals surface area contributed by atoms with Crippen LogP contribution in [-0.4, -0.2) is 50.6 Å². The van der Waals surface area contributed by atoms with Crippen LogP contribution in [-0.2, 0) is 4.79 Å². The molecule has 1 aliphatic rings. The van der Waals surface area contributed by atoms with Gasteiger partial charge in [-0.15, -0.1) is 0 Å². The predicted molar refractivity (Wildman–Crippen MR) is 87.6 cm³/mol. The minimum atomic E-state index is 0.204. The molecule has 1 saturated heterocycles. The number of anilines is 1. The van der Waals surface area contributed by atoms with Gasteiger partial charge < -0.3 is 10.2 Å². The molecule has 0 saturated carbocycles. The molecular weight excluding hydrogens is 262 g/mol. The first kappa shape index (κ1) is 16.0. The maximum absolute atomic E-state index is 12.5. The second kappa shape index (κ2) is 8.15. The molecule has 0 radical (unpaired) electrons. The van der Waals surface area contributed by atoms with E-state index in [1.807, 2.05) is 49.2 Å². The van der Waals surface area contributed by atoms with E-state index in [9.17, 15) is 4.79 Å². The van der Waals surface area contributed by atoms with Gasteiger partial charge in [0.1, 0.15) is 0 Å². The number of carbonyl (C=O) groups is 1. The summed E-state index contributed by atoms with van der Waals surface area (Å²) in [5.41, 5.74) is 0.995. The molecule has 4 heteroatoms. The highest BCUT2D eigenvalue weighted by Crippen LogP contribution is 2.18. The lowest BCUT2D eigenvalue weighted by molar-refractivity contribution is -0.120. The number of para-hydroxylation sites is 1. The largest absolute Gasteiger partial charge is 0.319 e. The molecule has 2 rings (SSSR count). The van der Waals surface area contributed by atoms with Gasteiger partial charge in [-0.05, 0) is 64.5 Å². The second-order valence-electron chi connectivity index (χ2n) is 5.75. The van der Waals surface area contributed by atoms with Crippen LogP contribution in [0.3, 0.4) is 0 Å². The molecule has 0 aliphatic carbocycles. The van der Waals surface area contributed by atoms with E-state index >= 15 is 0 Å². The van der Waals surface area contributed by atoms with E-state index in [1.165, 1.54) is 12.8 Å². The zero-order valence-corrected chi connectivity index (χ0v) is 13.2. The maximum atomic E-state index is 12.5. The van der Waals surface area contributed by atoms with Gasteiger partial charge >= 0.3 is 0 Å². The van der Waals surface area contributed by atoms with E-state index in [2.05, 4.69) is 10.2 Å². The zero-order chi connectivity index (χ0) is 15.1. The van der Waals surface area contributed by atoms with Crippen molar-refractivity contribution in [1.29, 1.82) is 0 Å². The number of nitrogens with one attached hydrogen (secondary N) is 1. The number of piperidine rings is 1. The van der Waals surface area contributed by atoms with Crippen molar-refractivity contribution in [2.75, 3.05) is 44.7 Å². The summed E-state index contributed by atoms with van der Waals surface area (Å²) in [6.07, 6.45) is 2.37. The van der Waals surface area contributed by atoms with Gasteiger partial charge in [0.25, 0.3) is 0 Å². The fraction of sp³-hybridized carbons (Fsp3) is 0.588. The Balaban J connectivity index is 1.86. The zero-order valence-electron chi connectivity index (χ0n) is 13.2. The first-order chi connectivity index (χ1) is 10.2. The summed E-state index contributed by atoms with van der Waals surface area (Å²) in [6.45, 7) is 6.44. The predicted octanol–water partition coefficient (Wildman–Crippen LogP) is 1.97. The Morgan fingerprint density at radius 3 is 2.52 bits per heavy atom. The Bertz CT molecular complexity index is 427. The minimum Gasteiger partial charge on any atom is -0.319 e. The van der Waals surface area contributed by atoms with E-state index in [-0.39, 0.29) is 5.91 Å². The molecule has 0 atom stereocenters. The third-order valence-corrected chi connectivity index (χ3v) is 4.24. The Kier molecular flexibility index (Phi) is 6.21. The van der Waals surface area contributed by atoms with Crippen molar-refractivity contribution in [3.8, 4) is 0 Å². The third kappa shape index (κ3) is 4.55. The molecule has 116 valence electrons. The average molecular weight is 289 g/mol. The van der Waals surface area contributed by atoms with Crippen molar-refractivity contribution >= 4 is 11.6 Å². The maximum Gasteiger partial charge on any atom is 0.241 e. The summed E-state index contributed by atoms with van der Waals surface area (Å²) in [7, 11) is 2.01. The molecule has 21 heavy (non-hydrogen) atoms. The van der Waals surface area contributed by atoms with Gasteiger partial charge in [0.05, 0.1) is 6.54 Å². The molecule has 1 heterocycles. The van der Waals surface area contributed by atoms with Gasteiger partial charge in [0.15, 0.2) is 0 Å². The molecule has 0 unspecified atom stereocenters. The first-order valence-electron chi connectivity index (χ1n) is 7.97. The van der Waals surface area contributed by atoms with E-state index < -0.39 is 0 Å². The smallest absolute Gasteiger partial charge is 0.241 e. The lowest BCUT2D eigenvalue weighted by Crippen LogP contribution is -2.44. The molecule has 0 bridgehead atoms. The lowest BCUT2D eigenvalue weighted by Gasteiger charge is -2.33. The molecule has 1 fully saturated rings. The second-order valence-corrected chi connectivity index (χ2v) is 5.75. The number of nitrogens with zero attached hydrogens (tertiary/aromatic N) is 2. The highest BCUT2D eigenvalue weighted by Gasteiger charge is 2.22. The van der Waals surface area contributed by atoms with Crippen LogP contribution in [0.5, 0.6) is 0 Å². The number of amides is 1. The molecular formula is C17H27N3O. The van der Waals surface area contributed by atoms with Gasteiger partial charge in [-0.25, -0.2) is 0 Å². The summed E-state index contributed by atoms with van der Waals surface area (Å²) >= 11 is 0. The summed E-state index contributed by atoms with van der Waals surface area (Å²) in [5.74, 6) is 0.966. The van der Waals surface area contributed by atoms with Crippen molar-refractivity contribution < 1.29 is 4.79 Å². The highest BCUT2D eigenvalue weighted by molar-refractivity contribution is 5.94. The van der Waals surface area contributed by atoms with Crippen molar-refractivity contribution in [3.63, 3.8) is 0 Å². The Hall–Kier alpha value is -1.39. The van der Waals surface area contributed by atoms with Crippen molar-refractivity contribution in [3.05, 3.63) is 30.3 Å². The topological polar surface area (TPSA) is 35.6 Å². The Labute approximate surface area is 128 Å². The Morgan fingerprint density at radius 1 is 1.29 bits per heavy atom. The normalized spacial score (nSPS) is 16.9. The van der Waals surface area contributed by atoms with E-state index in [0.29, 0.717) is 6.54 Å². The van der Waals surface area contributed by atoms with Crippen LogP contribution < -0.4 is 10.2 Å². The van der Waals surface area contributed by atoms with Crippen molar-refractivity contribution in [1.82, 2.24) is 10.2 Å². The van der Waals surface area contributed by atoms with Crippen LogP contribution in [0.1, 0.15) is 19.8 Å². The summed E-state index contributed by atoms with van der Waals surface area (Å²) < 4.78 is 0. The number of benzene rings is 1. The number of hydrogen-bond acceptors (Lipinski definition) is 3. The Morgan fingerprint density at radius 2 is 1.95 bits per heavy atom. The molecule has 1 aliphatic heterocycles. The summed E-state index contributed by atoms with van der Waals surface area (Å²) in [6, 6.07) is 9.94. The minimum absolute atomic E-state index is 0.204. The van der Waals surface area contributed by atoms with Gasteiger partial charge in [0, 0.05) is 12.2 Å². The van der Waals surface area contributed by atoms with Crippen LogP contribution >= 0.6 is 0 Å². The number of rotatable bonds is 6.